The Kier molecular flexibility index (Phi) is 2.11. The van der Waals surface area contributed by atoms with E-state index < -0.39 is 0 Å². The maximum absolute atomic E-state index is 8.99. The summed E-state index contributed by atoms with van der Waals surface area (Å²) in [5, 5.41) is 15.8. The lowest BCUT2D eigenvalue weighted by atomic mass is 10.0. The van der Waals surface area contributed by atoms with Gasteiger partial charge in [0, 0.05) is 12.1 Å². The van der Waals surface area contributed by atoms with Crippen molar-refractivity contribution in [2.24, 2.45) is 0 Å². The molecule has 0 saturated heterocycles. The summed E-state index contributed by atoms with van der Waals surface area (Å²) in [7, 11) is 0. The highest BCUT2D eigenvalue weighted by Crippen LogP contribution is 2.30. The second kappa shape index (κ2) is 3.17. The molecule has 1 aliphatic heterocycles. The minimum Gasteiger partial charge on any atom is -0.392 e. The molecule has 76 valence electrons. The van der Waals surface area contributed by atoms with Gasteiger partial charge in [-0.3, -0.25) is 0 Å². The molecule has 0 aliphatic carbocycles. The normalized spacial score (nSPS) is 17.9. The van der Waals surface area contributed by atoms with Crippen LogP contribution in [-0.2, 0) is 6.61 Å². The summed E-state index contributed by atoms with van der Waals surface area (Å²) >= 11 is 0. The van der Waals surface area contributed by atoms with Crippen LogP contribution in [0, 0.1) is 0 Å². The molecule has 1 aromatic rings. The lowest BCUT2D eigenvalue weighted by Gasteiger charge is -2.34. The molecular formula is C11H16N2O. The van der Waals surface area contributed by atoms with E-state index in [4.69, 9.17) is 5.11 Å². The minimum atomic E-state index is 0.0910. The van der Waals surface area contributed by atoms with Gasteiger partial charge >= 0.3 is 0 Å². The Morgan fingerprint density at radius 3 is 2.86 bits per heavy atom. The van der Waals surface area contributed by atoms with Crippen molar-refractivity contribution in [2.75, 3.05) is 17.2 Å². The number of hydrogen-bond acceptors (Lipinski definition) is 3. The van der Waals surface area contributed by atoms with Gasteiger partial charge in [0.25, 0.3) is 0 Å². The standard InChI is InChI=1S/C11H16N2O/c1-11(2)7-12-10-5-8(6-14)3-4-9(10)13-11/h3-5,12-14H,6-7H2,1-2H3. The van der Waals surface area contributed by atoms with Gasteiger partial charge in [0.15, 0.2) is 0 Å². The van der Waals surface area contributed by atoms with Crippen LogP contribution >= 0.6 is 0 Å². The van der Waals surface area contributed by atoms with Crippen LogP contribution in [0.5, 0.6) is 0 Å². The molecule has 2 rings (SSSR count). The zero-order chi connectivity index (χ0) is 10.2. The number of benzene rings is 1. The number of anilines is 2. The molecule has 0 atom stereocenters. The van der Waals surface area contributed by atoms with Gasteiger partial charge in [-0.15, -0.1) is 0 Å². The maximum Gasteiger partial charge on any atom is 0.0682 e. The molecule has 1 heterocycles. The number of aliphatic hydroxyl groups excluding tert-OH is 1. The molecule has 1 aliphatic rings. The fourth-order valence-corrected chi connectivity index (χ4v) is 1.67. The molecule has 0 amide bonds. The van der Waals surface area contributed by atoms with Crippen LogP contribution in [0.1, 0.15) is 19.4 Å². The van der Waals surface area contributed by atoms with E-state index in [-0.39, 0.29) is 12.1 Å². The van der Waals surface area contributed by atoms with Crippen LogP contribution in [0.3, 0.4) is 0 Å². The number of rotatable bonds is 1. The van der Waals surface area contributed by atoms with Crippen LogP contribution in [-0.4, -0.2) is 17.2 Å². The summed E-state index contributed by atoms with van der Waals surface area (Å²) in [6.45, 7) is 5.30. The number of hydrogen-bond donors (Lipinski definition) is 3. The van der Waals surface area contributed by atoms with Gasteiger partial charge in [0.1, 0.15) is 0 Å². The molecule has 0 fully saturated rings. The lowest BCUT2D eigenvalue weighted by molar-refractivity contribution is 0.282. The first kappa shape index (κ1) is 9.34. The highest BCUT2D eigenvalue weighted by Gasteiger charge is 2.23. The van der Waals surface area contributed by atoms with E-state index >= 15 is 0 Å². The summed E-state index contributed by atoms with van der Waals surface area (Å²) in [4.78, 5) is 0. The van der Waals surface area contributed by atoms with Gasteiger partial charge in [0.05, 0.1) is 18.0 Å². The van der Waals surface area contributed by atoms with E-state index in [0.29, 0.717) is 0 Å². The van der Waals surface area contributed by atoms with Gasteiger partial charge < -0.3 is 15.7 Å². The van der Waals surface area contributed by atoms with E-state index in [2.05, 4.69) is 24.5 Å². The number of aliphatic hydroxyl groups is 1. The molecule has 0 saturated carbocycles. The molecule has 0 unspecified atom stereocenters. The van der Waals surface area contributed by atoms with Crippen molar-refractivity contribution in [2.45, 2.75) is 26.0 Å². The zero-order valence-corrected chi connectivity index (χ0v) is 8.59. The Bertz CT molecular complexity index is 347. The molecule has 3 N–H and O–H groups in total. The van der Waals surface area contributed by atoms with Gasteiger partial charge in [-0.1, -0.05) is 6.07 Å². The Hall–Kier alpha value is -1.22. The third kappa shape index (κ3) is 1.68. The average molecular weight is 192 g/mol. The van der Waals surface area contributed by atoms with E-state index in [9.17, 15) is 0 Å². The highest BCUT2D eigenvalue weighted by atomic mass is 16.3. The smallest absolute Gasteiger partial charge is 0.0682 e. The first-order chi connectivity index (χ1) is 6.61. The molecular weight excluding hydrogens is 176 g/mol. The molecule has 0 spiro atoms. The van der Waals surface area contributed by atoms with Gasteiger partial charge in [-0.25, -0.2) is 0 Å². The molecule has 3 nitrogen and oxygen atoms in total. The van der Waals surface area contributed by atoms with Crippen molar-refractivity contribution >= 4 is 11.4 Å². The number of nitrogens with one attached hydrogen (secondary N) is 2. The quantitative estimate of drug-likeness (QED) is 0.635. The molecule has 0 bridgehead atoms. The molecule has 3 heteroatoms. The lowest BCUT2D eigenvalue weighted by Crippen LogP contribution is -2.42. The van der Waals surface area contributed by atoms with Crippen molar-refractivity contribution in [3.63, 3.8) is 0 Å². The van der Waals surface area contributed by atoms with Gasteiger partial charge in [-0.2, -0.15) is 0 Å². The van der Waals surface area contributed by atoms with Crippen molar-refractivity contribution in [3.8, 4) is 0 Å². The van der Waals surface area contributed by atoms with Crippen LogP contribution in [0.15, 0.2) is 18.2 Å². The predicted octanol–water partition coefficient (Wildman–Crippen LogP) is 1.79. The van der Waals surface area contributed by atoms with Gasteiger partial charge in [0.2, 0.25) is 0 Å². The topological polar surface area (TPSA) is 44.3 Å². The predicted molar refractivity (Wildman–Crippen MR) is 58.6 cm³/mol. The fourth-order valence-electron chi connectivity index (χ4n) is 1.67. The highest BCUT2D eigenvalue weighted by molar-refractivity contribution is 5.72. The van der Waals surface area contributed by atoms with Crippen LogP contribution in [0.2, 0.25) is 0 Å². The fraction of sp³-hybridized carbons (Fsp3) is 0.455. The number of fused-ring (bicyclic) bond motifs is 1. The summed E-state index contributed by atoms with van der Waals surface area (Å²) in [6, 6.07) is 5.93. The Labute approximate surface area is 84.1 Å². The molecule has 1 aromatic carbocycles. The van der Waals surface area contributed by atoms with Crippen LogP contribution < -0.4 is 10.6 Å². The minimum absolute atomic E-state index is 0.0910. The first-order valence-electron chi connectivity index (χ1n) is 4.86. The summed E-state index contributed by atoms with van der Waals surface area (Å²) in [5.41, 5.74) is 3.22. The van der Waals surface area contributed by atoms with Gasteiger partial charge in [-0.05, 0) is 31.5 Å². The Morgan fingerprint density at radius 1 is 1.36 bits per heavy atom. The SMILES string of the molecule is CC1(C)CNc2cc(CO)ccc2N1. The third-order valence-electron chi connectivity index (χ3n) is 2.46. The van der Waals surface area contributed by atoms with Crippen molar-refractivity contribution in [1.82, 2.24) is 0 Å². The summed E-state index contributed by atoms with van der Waals surface area (Å²) in [5.74, 6) is 0. The monoisotopic (exact) mass is 192 g/mol. The Morgan fingerprint density at radius 2 is 2.14 bits per heavy atom. The maximum atomic E-state index is 8.99. The van der Waals surface area contributed by atoms with E-state index in [1.807, 2.05) is 18.2 Å². The van der Waals surface area contributed by atoms with Crippen LogP contribution in [0.4, 0.5) is 11.4 Å². The second-order valence-corrected chi connectivity index (χ2v) is 4.40. The largest absolute Gasteiger partial charge is 0.392 e. The van der Waals surface area contributed by atoms with Crippen LogP contribution in [0.25, 0.3) is 0 Å². The molecule has 14 heavy (non-hydrogen) atoms. The van der Waals surface area contributed by atoms with Crippen molar-refractivity contribution in [1.29, 1.82) is 0 Å². The average Bonchev–Trinajstić information content (AvgIpc) is 2.16. The molecule has 0 radical (unpaired) electrons. The zero-order valence-electron chi connectivity index (χ0n) is 8.59. The van der Waals surface area contributed by atoms with Crippen molar-refractivity contribution in [3.05, 3.63) is 23.8 Å². The summed E-state index contributed by atoms with van der Waals surface area (Å²) in [6.07, 6.45) is 0. The first-order valence-corrected chi connectivity index (χ1v) is 4.86. The Balaban J connectivity index is 2.32. The third-order valence-corrected chi connectivity index (χ3v) is 2.46. The van der Waals surface area contributed by atoms with Crippen molar-refractivity contribution < 1.29 is 5.11 Å². The van der Waals surface area contributed by atoms with E-state index in [1.54, 1.807) is 0 Å². The van der Waals surface area contributed by atoms with E-state index in [0.717, 1.165) is 23.5 Å². The molecule has 0 aromatic heterocycles. The summed E-state index contributed by atoms with van der Waals surface area (Å²) < 4.78 is 0. The second-order valence-electron chi connectivity index (χ2n) is 4.40. The van der Waals surface area contributed by atoms with E-state index in [1.165, 1.54) is 0 Å².